The van der Waals surface area contributed by atoms with Gasteiger partial charge in [0.1, 0.15) is 0 Å². The first-order chi connectivity index (χ1) is 9.17. The van der Waals surface area contributed by atoms with Crippen molar-refractivity contribution in [3.63, 3.8) is 0 Å². The second-order valence-corrected chi connectivity index (χ2v) is 4.85. The summed E-state index contributed by atoms with van der Waals surface area (Å²) in [4.78, 5) is 10.9. The van der Waals surface area contributed by atoms with Crippen LogP contribution in [0.3, 0.4) is 0 Å². The van der Waals surface area contributed by atoms with E-state index in [0.717, 1.165) is 29.3 Å². The number of ether oxygens (including phenoxy) is 1. The Morgan fingerprint density at radius 2 is 2.11 bits per heavy atom. The first kappa shape index (κ1) is 15.7. The van der Waals surface area contributed by atoms with Crippen molar-refractivity contribution in [3.05, 3.63) is 35.4 Å². The largest absolute Gasteiger partial charge is 0.479 e. The minimum absolute atomic E-state index is 0.364. The molecule has 1 rings (SSSR count). The maximum absolute atomic E-state index is 10.9. The van der Waals surface area contributed by atoms with Gasteiger partial charge in [-0.3, -0.25) is 0 Å². The van der Waals surface area contributed by atoms with E-state index in [-0.39, 0.29) is 0 Å². The number of carboxylic acids is 1. The second kappa shape index (κ2) is 8.73. The number of unbranched alkanes of at least 4 members (excludes halogenated alkanes) is 1. The highest BCUT2D eigenvalue weighted by molar-refractivity contribution is 9.09. The topological polar surface area (TPSA) is 46.5 Å². The fourth-order valence-corrected chi connectivity index (χ4v) is 1.81. The van der Waals surface area contributed by atoms with Gasteiger partial charge >= 0.3 is 5.97 Å². The molecule has 0 aromatic heterocycles. The molecule has 1 unspecified atom stereocenters. The Bertz CT molecular complexity index is 457. The molecule has 3 nitrogen and oxygen atoms in total. The highest BCUT2D eigenvalue weighted by Crippen LogP contribution is 2.08. The summed E-state index contributed by atoms with van der Waals surface area (Å²) in [6, 6.07) is 7.60. The number of hydrogen-bond acceptors (Lipinski definition) is 2. The average molecular weight is 325 g/mol. The number of benzene rings is 1. The molecule has 102 valence electrons. The zero-order valence-electron chi connectivity index (χ0n) is 10.9. The minimum atomic E-state index is -0.943. The van der Waals surface area contributed by atoms with Gasteiger partial charge in [-0.2, -0.15) is 0 Å². The Hall–Kier alpha value is -1.31. The van der Waals surface area contributed by atoms with Crippen molar-refractivity contribution in [2.45, 2.75) is 25.4 Å². The monoisotopic (exact) mass is 324 g/mol. The molecule has 0 aliphatic heterocycles. The zero-order chi connectivity index (χ0) is 14.1. The van der Waals surface area contributed by atoms with Crippen LogP contribution in [0.1, 0.15) is 24.0 Å². The highest BCUT2D eigenvalue weighted by Gasteiger charge is 2.16. The maximum atomic E-state index is 10.9. The molecular formula is C15H17BrO3. The quantitative estimate of drug-likeness (QED) is 0.497. The molecule has 1 atom stereocenters. The standard InChI is InChI=1S/C15H17BrO3/c1-19-14(15(17)18)11-13-8-6-12(7-9-13)5-3-2-4-10-16/h6-9,14H,2,4,10-11H2,1H3,(H,17,18). The van der Waals surface area contributed by atoms with E-state index in [1.165, 1.54) is 7.11 Å². The van der Waals surface area contributed by atoms with Gasteiger partial charge in [-0.25, -0.2) is 4.79 Å². The Kier molecular flexibility index (Phi) is 7.24. The molecule has 0 fully saturated rings. The molecule has 1 aromatic carbocycles. The van der Waals surface area contributed by atoms with Crippen molar-refractivity contribution in [3.8, 4) is 11.8 Å². The van der Waals surface area contributed by atoms with Crippen molar-refractivity contribution in [2.75, 3.05) is 12.4 Å². The summed E-state index contributed by atoms with van der Waals surface area (Å²) >= 11 is 3.36. The van der Waals surface area contributed by atoms with Crippen LogP contribution in [0, 0.1) is 11.8 Å². The second-order valence-electron chi connectivity index (χ2n) is 4.06. The van der Waals surface area contributed by atoms with Crippen molar-refractivity contribution < 1.29 is 14.6 Å². The first-order valence-corrected chi connectivity index (χ1v) is 7.19. The van der Waals surface area contributed by atoms with Gasteiger partial charge in [-0.1, -0.05) is 39.9 Å². The SMILES string of the molecule is COC(Cc1ccc(C#CCCCBr)cc1)C(=O)O. The first-order valence-electron chi connectivity index (χ1n) is 6.06. The summed E-state index contributed by atoms with van der Waals surface area (Å²) in [7, 11) is 1.41. The molecule has 19 heavy (non-hydrogen) atoms. The van der Waals surface area contributed by atoms with Crippen molar-refractivity contribution in [2.24, 2.45) is 0 Å². The number of carbonyl (C=O) groups is 1. The number of carboxylic acid groups (broad SMARTS) is 1. The number of methoxy groups -OCH3 is 1. The molecule has 0 heterocycles. The van der Waals surface area contributed by atoms with Crippen molar-refractivity contribution >= 4 is 21.9 Å². The van der Waals surface area contributed by atoms with Gasteiger partial charge in [0.2, 0.25) is 0 Å². The van der Waals surface area contributed by atoms with Crippen LogP contribution in [-0.2, 0) is 16.0 Å². The van der Waals surface area contributed by atoms with E-state index in [1.54, 1.807) is 0 Å². The van der Waals surface area contributed by atoms with Crippen LogP contribution in [0.4, 0.5) is 0 Å². The lowest BCUT2D eigenvalue weighted by atomic mass is 10.1. The van der Waals surface area contributed by atoms with Crippen LogP contribution in [0.2, 0.25) is 0 Å². The van der Waals surface area contributed by atoms with E-state index in [2.05, 4.69) is 27.8 Å². The van der Waals surface area contributed by atoms with E-state index in [1.807, 2.05) is 24.3 Å². The van der Waals surface area contributed by atoms with E-state index >= 15 is 0 Å². The van der Waals surface area contributed by atoms with Gasteiger partial charge < -0.3 is 9.84 Å². The molecule has 0 saturated carbocycles. The van der Waals surface area contributed by atoms with Crippen LogP contribution < -0.4 is 0 Å². The Labute approximate surface area is 122 Å². The van der Waals surface area contributed by atoms with E-state index in [4.69, 9.17) is 9.84 Å². The smallest absolute Gasteiger partial charge is 0.333 e. The Morgan fingerprint density at radius 3 is 2.63 bits per heavy atom. The van der Waals surface area contributed by atoms with Gasteiger partial charge in [0.15, 0.2) is 6.10 Å². The number of halogens is 1. The molecule has 4 heteroatoms. The normalized spacial score (nSPS) is 11.5. The van der Waals surface area contributed by atoms with Crippen LogP contribution in [0.15, 0.2) is 24.3 Å². The summed E-state index contributed by atoms with van der Waals surface area (Å²) in [6.45, 7) is 0. The molecular weight excluding hydrogens is 308 g/mol. The third-order valence-electron chi connectivity index (χ3n) is 2.60. The van der Waals surface area contributed by atoms with Gasteiger partial charge in [-0.05, 0) is 24.1 Å². The van der Waals surface area contributed by atoms with Gasteiger partial charge in [0, 0.05) is 30.8 Å². The maximum Gasteiger partial charge on any atom is 0.333 e. The van der Waals surface area contributed by atoms with Crippen molar-refractivity contribution in [1.82, 2.24) is 0 Å². The average Bonchev–Trinajstić information content (AvgIpc) is 2.42. The number of aliphatic carboxylic acids is 1. The summed E-state index contributed by atoms with van der Waals surface area (Å²) in [5.74, 6) is 5.23. The van der Waals surface area contributed by atoms with Crippen LogP contribution >= 0.6 is 15.9 Å². The zero-order valence-corrected chi connectivity index (χ0v) is 12.4. The molecule has 0 amide bonds. The molecule has 0 radical (unpaired) electrons. The molecule has 1 aromatic rings. The van der Waals surface area contributed by atoms with Crippen LogP contribution in [-0.4, -0.2) is 29.6 Å². The fraction of sp³-hybridized carbons (Fsp3) is 0.400. The molecule has 0 aliphatic rings. The summed E-state index contributed by atoms with van der Waals surface area (Å²) in [5, 5.41) is 9.87. The number of hydrogen-bond donors (Lipinski definition) is 1. The van der Waals surface area contributed by atoms with Crippen LogP contribution in [0.5, 0.6) is 0 Å². The van der Waals surface area contributed by atoms with Gasteiger partial charge in [0.25, 0.3) is 0 Å². The van der Waals surface area contributed by atoms with E-state index < -0.39 is 12.1 Å². The number of alkyl halides is 1. The summed E-state index contributed by atoms with van der Waals surface area (Å²) in [6.07, 6.45) is 1.48. The van der Waals surface area contributed by atoms with Crippen LogP contribution in [0.25, 0.3) is 0 Å². The highest BCUT2D eigenvalue weighted by atomic mass is 79.9. The number of rotatable bonds is 6. The molecule has 1 N–H and O–H groups in total. The van der Waals surface area contributed by atoms with Gasteiger partial charge in [-0.15, -0.1) is 0 Å². The Morgan fingerprint density at radius 1 is 1.42 bits per heavy atom. The third kappa shape index (κ3) is 5.91. The Balaban J connectivity index is 2.60. The van der Waals surface area contributed by atoms with Gasteiger partial charge in [0.05, 0.1) is 0 Å². The molecule has 0 saturated heterocycles. The van der Waals surface area contributed by atoms with E-state index in [9.17, 15) is 4.79 Å². The lowest BCUT2D eigenvalue weighted by Crippen LogP contribution is -2.24. The van der Waals surface area contributed by atoms with Crippen molar-refractivity contribution in [1.29, 1.82) is 0 Å². The summed E-state index contributed by atoms with van der Waals surface area (Å²) < 4.78 is 4.91. The predicted molar refractivity (Wildman–Crippen MR) is 78.5 cm³/mol. The molecule has 0 aliphatic carbocycles. The summed E-state index contributed by atoms with van der Waals surface area (Å²) in [5.41, 5.74) is 1.88. The molecule has 0 bridgehead atoms. The molecule has 0 spiro atoms. The predicted octanol–water partition coefficient (Wildman–Crippen LogP) is 2.86. The lowest BCUT2D eigenvalue weighted by Gasteiger charge is -2.09. The third-order valence-corrected chi connectivity index (χ3v) is 3.16. The van der Waals surface area contributed by atoms with E-state index in [0.29, 0.717) is 6.42 Å². The fourth-order valence-electron chi connectivity index (χ4n) is 1.53. The minimum Gasteiger partial charge on any atom is -0.479 e. The lowest BCUT2D eigenvalue weighted by molar-refractivity contribution is -0.148.